The van der Waals surface area contributed by atoms with Crippen LogP contribution < -0.4 is 0 Å². The van der Waals surface area contributed by atoms with Crippen LogP contribution in [0.2, 0.25) is 0 Å². The van der Waals surface area contributed by atoms with E-state index in [2.05, 4.69) is 107 Å². The largest absolute Gasteiger partial charge is 0.507 e. The number of aromatic hydroxyl groups is 1. The van der Waals surface area contributed by atoms with Crippen molar-refractivity contribution >= 4 is 11.0 Å². The minimum absolute atomic E-state index is 0. The van der Waals surface area contributed by atoms with Crippen molar-refractivity contribution in [3.8, 4) is 78.6 Å². The number of phenolic OH excluding ortho intramolecular Hbond substituents is 1. The van der Waals surface area contributed by atoms with Crippen LogP contribution in [0.3, 0.4) is 0 Å². The van der Waals surface area contributed by atoms with Crippen LogP contribution in [0.4, 0.5) is 0 Å². The molecule has 64 heavy (non-hydrogen) atoms. The van der Waals surface area contributed by atoms with Gasteiger partial charge in [-0.2, -0.15) is 0 Å². The van der Waals surface area contributed by atoms with Gasteiger partial charge in [0.1, 0.15) is 11.6 Å². The molecule has 0 bridgehead atoms. The maximum atomic E-state index is 11.9. The first kappa shape index (κ1) is 40.4. The van der Waals surface area contributed by atoms with E-state index in [9.17, 15) is 5.11 Å². The number of imidazole rings is 1. The number of hydrogen-bond donors (Lipinski definition) is 1. The Balaban J connectivity index is 0.00000608. The number of fused-ring (bicyclic) bond motifs is 1. The molecule has 9 aromatic rings. The zero-order valence-electron chi connectivity index (χ0n) is 40.6. The fourth-order valence-corrected chi connectivity index (χ4v) is 8.56. The van der Waals surface area contributed by atoms with Gasteiger partial charge in [-0.25, -0.2) is 4.98 Å². The molecule has 0 unspecified atom stereocenters. The average Bonchev–Trinajstić information content (AvgIpc) is 3.69. The fraction of sp³-hybridized carbons (Fsp3) is 0.186. The Hall–Kier alpha value is -6.35. The van der Waals surface area contributed by atoms with E-state index in [1.165, 1.54) is 5.56 Å². The summed E-state index contributed by atoms with van der Waals surface area (Å²) in [6, 6.07) is 54.6. The number of aromatic nitrogens is 3. The molecule has 4 nitrogen and oxygen atoms in total. The van der Waals surface area contributed by atoms with Gasteiger partial charge in [0, 0.05) is 42.6 Å². The standard InChI is InChI=1S/C59H54N3O.Pt/c1-37-29-39(3)56(63)51(30-37)57-61-55-48(21-16-22-53(55)62(57)54-36-49(41-17-12-10-13-18-41)38(2)31-50(54)42-19-14-11-15-20-42)44-32-45(34-47(33-44)59(7,8)9)52-35-43(27-28-60-52)40-23-25-46(26-24-40)58(4,5)6;/h10-31,33-36,63H,1-9H3;/q-1;/i2D3;. The smallest absolute Gasteiger partial charge is 0.148 e. The van der Waals surface area contributed by atoms with Gasteiger partial charge in [-0.1, -0.05) is 162 Å². The number of pyridine rings is 1. The topological polar surface area (TPSA) is 50.9 Å². The van der Waals surface area contributed by atoms with E-state index < -0.39 is 6.85 Å². The summed E-state index contributed by atoms with van der Waals surface area (Å²) in [5, 5.41) is 11.9. The van der Waals surface area contributed by atoms with Crippen molar-refractivity contribution in [1.82, 2.24) is 14.5 Å². The summed E-state index contributed by atoms with van der Waals surface area (Å²) in [6.07, 6.45) is 1.87. The molecule has 2 aromatic heterocycles. The summed E-state index contributed by atoms with van der Waals surface area (Å²) in [7, 11) is 0. The molecule has 9 rings (SSSR count). The quantitative estimate of drug-likeness (QED) is 0.162. The van der Waals surface area contributed by atoms with Gasteiger partial charge in [0.05, 0.1) is 22.3 Å². The maximum absolute atomic E-state index is 11.9. The predicted molar refractivity (Wildman–Crippen MR) is 264 cm³/mol. The molecule has 0 spiro atoms. The fourth-order valence-electron chi connectivity index (χ4n) is 8.56. The first-order chi connectivity index (χ1) is 31.3. The van der Waals surface area contributed by atoms with Crippen molar-refractivity contribution in [1.29, 1.82) is 0 Å². The van der Waals surface area contributed by atoms with E-state index in [4.69, 9.17) is 14.1 Å². The second kappa shape index (κ2) is 17.3. The molecule has 7 aromatic carbocycles. The van der Waals surface area contributed by atoms with Crippen LogP contribution in [0.15, 0.2) is 158 Å². The summed E-state index contributed by atoms with van der Waals surface area (Å²) in [5.41, 5.74) is 15.5. The van der Waals surface area contributed by atoms with Crippen LogP contribution >= 0.6 is 0 Å². The number of hydrogen-bond acceptors (Lipinski definition) is 3. The molecule has 0 aliphatic heterocycles. The molecular weight excluding hydrogens is 962 g/mol. The molecule has 1 N–H and O–H groups in total. The van der Waals surface area contributed by atoms with E-state index in [0.717, 1.165) is 78.1 Å². The number of phenols is 1. The summed E-state index contributed by atoms with van der Waals surface area (Å²) in [4.78, 5) is 10.4. The molecule has 0 saturated heterocycles. The Morgan fingerprint density at radius 1 is 0.562 bits per heavy atom. The van der Waals surface area contributed by atoms with Crippen molar-refractivity contribution in [2.75, 3.05) is 0 Å². The second-order valence-corrected chi connectivity index (χ2v) is 18.8. The van der Waals surface area contributed by atoms with Gasteiger partial charge in [0.15, 0.2) is 0 Å². The molecule has 0 atom stereocenters. The number of rotatable bonds is 7. The van der Waals surface area contributed by atoms with E-state index in [1.54, 1.807) is 0 Å². The third-order valence-electron chi connectivity index (χ3n) is 12.1. The van der Waals surface area contributed by atoms with Gasteiger partial charge in [-0.15, -0.1) is 29.3 Å². The van der Waals surface area contributed by atoms with Gasteiger partial charge in [0.2, 0.25) is 0 Å². The predicted octanol–water partition coefficient (Wildman–Crippen LogP) is 15.4. The SMILES string of the molecule is [2H]C([2H])([2H])c1cc(-c2ccccc2)c(-n2c(-c3cc(C)cc(C)c3O)nc3c(-c4[c-]c(-c5cc(-c6ccc(C(C)(C)C)cc6)ccn5)cc(C(C)(C)C)c4)cccc32)cc1-c1ccccc1.[Pt]. The second-order valence-electron chi connectivity index (χ2n) is 18.8. The Bertz CT molecular complexity index is 3270. The number of benzene rings is 7. The summed E-state index contributed by atoms with van der Waals surface area (Å²) >= 11 is 0. The van der Waals surface area contributed by atoms with Crippen molar-refractivity contribution in [2.45, 2.75) is 73.1 Å². The van der Waals surface area contributed by atoms with Gasteiger partial charge in [-0.3, -0.25) is 9.55 Å². The molecule has 0 fully saturated rings. The zero-order valence-corrected chi connectivity index (χ0v) is 39.9. The van der Waals surface area contributed by atoms with Gasteiger partial charge in [0.25, 0.3) is 0 Å². The molecule has 322 valence electrons. The van der Waals surface area contributed by atoms with Gasteiger partial charge in [-0.05, 0) is 112 Å². The minimum Gasteiger partial charge on any atom is -0.507 e. The zero-order chi connectivity index (χ0) is 46.7. The molecule has 0 amide bonds. The van der Waals surface area contributed by atoms with E-state index in [0.29, 0.717) is 22.5 Å². The van der Waals surface area contributed by atoms with Crippen LogP contribution in [0.5, 0.6) is 5.75 Å². The van der Waals surface area contributed by atoms with E-state index in [1.807, 2.05) is 117 Å². The van der Waals surface area contributed by atoms with Crippen LogP contribution in [-0.2, 0) is 31.9 Å². The molecule has 5 heteroatoms. The normalized spacial score (nSPS) is 12.7. The number of nitrogens with zero attached hydrogens (tertiary/aromatic N) is 3. The van der Waals surface area contributed by atoms with Crippen molar-refractivity contribution in [2.24, 2.45) is 0 Å². The molecular formula is C59H54N3OPt-. The number of para-hydroxylation sites is 1. The summed E-state index contributed by atoms with van der Waals surface area (Å²) < 4.78 is 28.4. The first-order valence-corrected chi connectivity index (χ1v) is 21.6. The van der Waals surface area contributed by atoms with Crippen LogP contribution in [0, 0.1) is 26.8 Å². The van der Waals surface area contributed by atoms with Gasteiger partial charge < -0.3 is 5.11 Å². The Labute approximate surface area is 397 Å². The third-order valence-corrected chi connectivity index (χ3v) is 12.1. The minimum atomic E-state index is -2.41. The molecule has 0 aliphatic carbocycles. The summed E-state index contributed by atoms with van der Waals surface area (Å²) in [6.45, 7) is 14.8. The molecule has 0 saturated carbocycles. The molecule has 0 radical (unpaired) electrons. The Morgan fingerprint density at radius 2 is 1.22 bits per heavy atom. The monoisotopic (exact) mass is 1020 g/mol. The Morgan fingerprint density at radius 3 is 1.88 bits per heavy atom. The summed E-state index contributed by atoms with van der Waals surface area (Å²) in [5.74, 6) is 0.656. The van der Waals surface area contributed by atoms with Gasteiger partial charge >= 0.3 is 0 Å². The Kier molecular flexibility index (Phi) is 10.9. The van der Waals surface area contributed by atoms with Crippen molar-refractivity contribution < 1.29 is 30.3 Å². The average molecular weight is 1020 g/mol. The van der Waals surface area contributed by atoms with Crippen molar-refractivity contribution in [3.63, 3.8) is 0 Å². The maximum Gasteiger partial charge on any atom is 0.148 e. The van der Waals surface area contributed by atoms with Crippen LogP contribution in [-0.4, -0.2) is 19.6 Å². The van der Waals surface area contributed by atoms with E-state index >= 15 is 0 Å². The van der Waals surface area contributed by atoms with Crippen molar-refractivity contribution in [3.05, 3.63) is 192 Å². The molecule has 0 aliphatic rings. The molecule has 2 heterocycles. The third kappa shape index (κ3) is 8.52. The van der Waals surface area contributed by atoms with Crippen LogP contribution in [0.1, 0.15) is 73.5 Å². The van der Waals surface area contributed by atoms with E-state index in [-0.39, 0.29) is 43.2 Å². The van der Waals surface area contributed by atoms with Crippen LogP contribution in [0.25, 0.3) is 83.9 Å². The first-order valence-electron chi connectivity index (χ1n) is 23.1. The number of aryl methyl sites for hydroxylation is 3.